The summed E-state index contributed by atoms with van der Waals surface area (Å²) in [5, 5.41) is 9.39. The number of anilines is 1. The predicted octanol–water partition coefficient (Wildman–Crippen LogP) is 3.45. The minimum Gasteiger partial charge on any atom is -0.481 e. The predicted molar refractivity (Wildman–Crippen MR) is 89.1 cm³/mol. The van der Waals surface area contributed by atoms with Crippen molar-refractivity contribution in [3.05, 3.63) is 64.7 Å². The Labute approximate surface area is 135 Å². The van der Waals surface area contributed by atoms with Crippen molar-refractivity contribution in [2.45, 2.75) is 26.3 Å². The third-order valence-corrected chi connectivity index (χ3v) is 4.48. The van der Waals surface area contributed by atoms with Gasteiger partial charge in [0, 0.05) is 29.9 Å². The van der Waals surface area contributed by atoms with Gasteiger partial charge < -0.3 is 10.0 Å². The Hall–Kier alpha value is -2.62. The smallest absolute Gasteiger partial charge is 0.310 e. The average molecular weight is 309 g/mol. The lowest BCUT2D eigenvalue weighted by Crippen LogP contribution is -2.23. The van der Waals surface area contributed by atoms with Crippen LogP contribution in [0.15, 0.2) is 42.5 Å². The molecule has 0 amide bonds. The van der Waals surface area contributed by atoms with Crippen LogP contribution in [0, 0.1) is 0 Å². The number of carbonyl (C=O) groups is 2. The van der Waals surface area contributed by atoms with Crippen molar-refractivity contribution in [3.8, 4) is 0 Å². The highest BCUT2D eigenvalue weighted by molar-refractivity contribution is 6.15. The van der Waals surface area contributed by atoms with Crippen molar-refractivity contribution in [3.63, 3.8) is 0 Å². The Bertz CT molecular complexity index is 782. The molecule has 1 aliphatic heterocycles. The van der Waals surface area contributed by atoms with E-state index in [4.69, 9.17) is 0 Å². The highest BCUT2D eigenvalue weighted by atomic mass is 16.4. The van der Waals surface area contributed by atoms with E-state index < -0.39 is 11.9 Å². The van der Waals surface area contributed by atoms with E-state index in [-0.39, 0.29) is 5.78 Å². The monoisotopic (exact) mass is 309 g/mol. The number of ketones is 1. The molecule has 2 aromatic carbocycles. The molecular formula is C19H19NO3. The van der Waals surface area contributed by atoms with E-state index in [0.717, 1.165) is 17.8 Å². The zero-order valence-electron chi connectivity index (χ0n) is 13.2. The number of fused-ring (bicyclic) bond motifs is 2. The molecule has 118 valence electrons. The van der Waals surface area contributed by atoms with Gasteiger partial charge in [0.1, 0.15) is 0 Å². The molecule has 23 heavy (non-hydrogen) atoms. The molecule has 0 saturated heterocycles. The molecule has 0 aliphatic carbocycles. The summed E-state index contributed by atoms with van der Waals surface area (Å²) >= 11 is 0. The number of carboxylic acid groups (broad SMARTS) is 1. The molecule has 1 unspecified atom stereocenters. The number of carbonyl (C=O) groups excluding carboxylic acids is 1. The number of aliphatic carboxylic acids is 1. The van der Waals surface area contributed by atoms with Gasteiger partial charge in [-0.25, -0.2) is 0 Å². The molecule has 0 radical (unpaired) electrons. The van der Waals surface area contributed by atoms with Gasteiger partial charge in [0.15, 0.2) is 5.78 Å². The molecule has 1 atom stereocenters. The van der Waals surface area contributed by atoms with Gasteiger partial charge in [-0.1, -0.05) is 36.4 Å². The molecule has 0 bridgehead atoms. The zero-order valence-corrected chi connectivity index (χ0v) is 13.2. The van der Waals surface area contributed by atoms with Crippen LogP contribution in [0.2, 0.25) is 0 Å². The second-order valence-corrected chi connectivity index (χ2v) is 5.80. The zero-order chi connectivity index (χ0) is 16.6. The first kappa shape index (κ1) is 15.3. The summed E-state index contributed by atoms with van der Waals surface area (Å²) in [4.78, 5) is 26.7. The number of benzene rings is 2. The van der Waals surface area contributed by atoms with E-state index in [1.165, 1.54) is 0 Å². The molecule has 4 heteroatoms. The van der Waals surface area contributed by atoms with Crippen LogP contribution in [-0.4, -0.2) is 23.4 Å². The van der Waals surface area contributed by atoms with E-state index in [1.54, 1.807) is 13.0 Å². The van der Waals surface area contributed by atoms with Gasteiger partial charge in [0.05, 0.1) is 5.92 Å². The lowest BCUT2D eigenvalue weighted by atomic mass is 9.89. The first-order valence-corrected chi connectivity index (χ1v) is 7.77. The largest absolute Gasteiger partial charge is 0.481 e. The summed E-state index contributed by atoms with van der Waals surface area (Å²) in [6.07, 6.45) is 0. The number of nitrogens with zero attached hydrogens (tertiary/aromatic N) is 1. The van der Waals surface area contributed by atoms with E-state index in [1.807, 2.05) is 43.3 Å². The Balaban J connectivity index is 2.28. The molecule has 3 rings (SSSR count). The van der Waals surface area contributed by atoms with Crippen molar-refractivity contribution in [2.75, 3.05) is 11.4 Å². The molecule has 0 spiro atoms. The first-order valence-electron chi connectivity index (χ1n) is 7.77. The summed E-state index contributed by atoms with van der Waals surface area (Å²) in [7, 11) is 0. The SMILES string of the molecule is CCN1Cc2ccccc2C(=O)c2c(C(C)C(=O)O)cccc21. The second-order valence-electron chi connectivity index (χ2n) is 5.80. The van der Waals surface area contributed by atoms with Gasteiger partial charge in [-0.05, 0) is 31.0 Å². The van der Waals surface area contributed by atoms with Crippen LogP contribution in [0.5, 0.6) is 0 Å². The van der Waals surface area contributed by atoms with Gasteiger partial charge >= 0.3 is 5.97 Å². The first-order chi connectivity index (χ1) is 11.0. The van der Waals surface area contributed by atoms with Gasteiger partial charge in [0.2, 0.25) is 0 Å². The van der Waals surface area contributed by atoms with Crippen LogP contribution >= 0.6 is 0 Å². The Morgan fingerprint density at radius 2 is 1.96 bits per heavy atom. The van der Waals surface area contributed by atoms with E-state index in [2.05, 4.69) is 4.90 Å². The maximum atomic E-state index is 13.1. The van der Waals surface area contributed by atoms with Crippen molar-refractivity contribution in [1.29, 1.82) is 0 Å². The summed E-state index contributed by atoms with van der Waals surface area (Å²) < 4.78 is 0. The average Bonchev–Trinajstić information content (AvgIpc) is 2.69. The van der Waals surface area contributed by atoms with Crippen molar-refractivity contribution < 1.29 is 14.7 Å². The molecule has 1 aliphatic rings. The Morgan fingerprint density at radius 3 is 2.65 bits per heavy atom. The maximum absolute atomic E-state index is 13.1. The van der Waals surface area contributed by atoms with Gasteiger partial charge in [-0.15, -0.1) is 0 Å². The van der Waals surface area contributed by atoms with Crippen molar-refractivity contribution in [2.24, 2.45) is 0 Å². The third kappa shape index (κ3) is 2.50. The lowest BCUT2D eigenvalue weighted by Gasteiger charge is -2.24. The third-order valence-electron chi connectivity index (χ3n) is 4.48. The number of rotatable bonds is 3. The minimum atomic E-state index is -0.924. The maximum Gasteiger partial charge on any atom is 0.310 e. The molecular weight excluding hydrogens is 290 g/mol. The van der Waals surface area contributed by atoms with E-state index >= 15 is 0 Å². The summed E-state index contributed by atoms with van der Waals surface area (Å²) in [6.45, 7) is 5.06. The topological polar surface area (TPSA) is 57.6 Å². The van der Waals surface area contributed by atoms with Crippen LogP contribution < -0.4 is 4.90 Å². The molecule has 0 aromatic heterocycles. The quantitative estimate of drug-likeness (QED) is 0.943. The summed E-state index contributed by atoms with van der Waals surface area (Å²) in [5.41, 5.74) is 3.56. The van der Waals surface area contributed by atoms with Crippen molar-refractivity contribution >= 4 is 17.4 Å². The number of hydrogen-bond donors (Lipinski definition) is 1. The summed E-state index contributed by atoms with van der Waals surface area (Å²) in [6, 6.07) is 13.0. The molecule has 1 heterocycles. The van der Waals surface area contributed by atoms with Gasteiger partial charge in [0.25, 0.3) is 0 Å². The fraction of sp³-hybridized carbons (Fsp3) is 0.263. The number of carboxylic acids is 1. The van der Waals surface area contributed by atoms with Crippen LogP contribution in [0.4, 0.5) is 5.69 Å². The van der Waals surface area contributed by atoms with Crippen LogP contribution in [0.3, 0.4) is 0 Å². The highest BCUT2D eigenvalue weighted by Crippen LogP contribution is 2.35. The normalized spacial score (nSPS) is 14.7. The van der Waals surface area contributed by atoms with E-state index in [9.17, 15) is 14.7 Å². The van der Waals surface area contributed by atoms with Crippen LogP contribution in [-0.2, 0) is 11.3 Å². The standard InChI is InChI=1S/C19H19NO3/c1-3-20-11-13-7-4-5-8-15(13)18(21)17-14(12(2)19(22)23)9-6-10-16(17)20/h4-10,12H,3,11H2,1-2H3,(H,22,23). The molecule has 4 nitrogen and oxygen atoms in total. The van der Waals surface area contributed by atoms with Gasteiger partial charge in [-0.2, -0.15) is 0 Å². The molecule has 1 N–H and O–H groups in total. The molecule has 0 fully saturated rings. The van der Waals surface area contributed by atoms with Crippen LogP contribution in [0.1, 0.15) is 46.8 Å². The fourth-order valence-corrected chi connectivity index (χ4v) is 3.15. The Morgan fingerprint density at radius 1 is 1.22 bits per heavy atom. The van der Waals surface area contributed by atoms with Gasteiger partial charge in [-0.3, -0.25) is 9.59 Å². The Kier molecular flexibility index (Phi) is 3.90. The molecule has 0 saturated carbocycles. The van der Waals surface area contributed by atoms with Crippen LogP contribution in [0.25, 0.3) is 0 Å². The molecule has 2 aromatic rings. The highest BCUT2D eigenvalue weighted by Gasteiger charge is 2.30. The number of hydrogen-bond acceptors (Lipinski definition) is 3. The minimum absolute atomic E-state index is 0.0877. The van der Waals surface area contributed by atoms with E-state index in [0.29, 0.717) is 23.2 Å². The fourth-order valence-electron chi connectivity index (χ4n) is 3.15. The lowest BCUT2D eigenvalue weighted by molar-refractivity contribution is -0.138. The van der Waals surface area contributed by atoms with Crippen molar-refractivity contribution in [1.82, 2.24) is 0 Å². The summed E-state index contributed by atoms with van der Waals surface area (Å²) in [5.74, 6) is -1.74. The second kappa shape index (κ2) is 5.88.